The van der Waals surface area contributed by atoms with Gasteiger partial charge in [-0.15, -0.1) is 0 Å². The zero-order valence-electron chi connectivity index (χ0n) is 7.81. The average Bonchev–Trinajstić information content (AvgIpc) is 2.19. The van der Waals surface area contributed by atoms with Crippen molar-refractivity contribution in [2.75, 3.05) is 0 Å². The van der Waals surface area contributed by atoms with Crippen molar-refractivity contribution < 1.29 is 22.1 Å². The van der Waals surface area contributed by atoms with Gasteiger partial charge in [0.25, 0.3) is 5.69 Å². The molecule has 1 rings (SSSR count). The molecule has 0 aliphatic carbocycles. The summed E-state index contributed by atoms with van der Waals surface area (Å²) in [6.45, 7) is 0. The lowest BCUT2D eigenvalue weighted by molar-refractivity contribution is -0.384. The second kappa shape index (κ2) is 5.97. The first kappa shape index (κ1) is 14.2. The van der Waals surface area contributed by atoms with Crippen LogP contribution in [0.4, 0.5) is 5.69 Å². The summed E-state index contributed by atoms with van der Waals surface area (Å²) in [5.41, 5.74) is -0.201. The molecule has 0 saturated carbocycles. The van der Waals surface area contributed by atoms with Crippen molar-refractivity contribution in [2.45, 2.75) is 0 Å². The van der Waals surface area contributed by atoms with Gasteiger partial charge in [0, 0.05) is 12.1 Å². The van der Waals surface area contributed by atoms with Gasteiger partial charge in [-0.2, -0.15) is 8.42 Å². The van der Waals surface area contributed by atoms with Gasteiger partial charge in [0.05, 0.1) is 4.92 Å². The third kappa shape index (κ3) is 5.21. The number of benzene rings is 1. The Morgan fingerprint density at radius 1 is 1.25 bits per heavy atom. The first-order valence-corrected chi connectivity index (χ1v) is 5.00. The summed E-state index contributed by atoms with van der Waals surface area (Å²) in [6, 6.07) is 4.23. The molecule has 0 amide bonds. The lowest BCUT2D eigenvalue weighted by atomic mass is 10.3. The van der Waals surface area contributed by atoms with Crippen LogP contribution in [0.25, 0.3) is 0 Å². The molecule has 0 aliphatic heterocycles. The Labute approximate surface area is 90.7 Å². The van der Waals surface area contributed by atoms with E-state index in [9.17, 15) is 18.5 Å². The first-order chi connectivity index (χ1) is 7.38. The van der Waals surface area contributed by atoms with Gasteiger partial charge < -0.3 is 4.18 Å². The SMILES string of the molecule is NN.O=[N+]([O-])c1ccc(OS(=O)(=O)O)cc1. The number of hydrazine groups is 1. The van der Waals surface area contributed by atoms with Crippen molar-refractivity contribution in [2.24, 2.45) is 11.7 Å². The fourth-order valence-electron chi connectivity index (χ4n) is 0.745. The highest BCUT2D eigenvalue weighted by Crippen LogP contribution is 2.18. The first-order valence-electron chi connectivity index (χ1n) is 3.63. The fraction of sp³-hybridized carbons (Fsp3) is 0. The summed E-state index contributed by atoms with van der Waals surface area (Å²) < 4.78 is 32.7. The largest absolute Gasteiger partial charge is 0.446 e. The molecule has 0 heterocycles. The molecule has 0 atom stereocenters. The second-order valence-corrected chi connectivity index (χ2v) is 3.28. The maximum atomic E-state index is 10.2. The minimum atomic E-state index is -4.58. The molecular formula is C6H9N3O6S. The van der Waals surface area contributed by atoms with Gasteiger partial charge in [-0.25, -0.2) is 0 Å². The number of nitrogens with two attached hydrogens (primary N) is 2. The van der Waals surface area contributed by atoms with E-state index in [1.54, 1.807) is 0 Å². The van der Waals surface area contributed by atoms with Gasteiger partial charge in [-0.1, -0.05) is 0 Å². The number of nitro benzene ring substituents is 1. The van der Waals surface area contributed by atoms with E-state index in [0.717, 1.165) is 24.3 Å². The van der Waals surface area contributed by atoms with Crippen LogP contribution in [0, 0.1) is 10.1 Å². The minimum Gasteiger partial charge on any atom is -0.362 e. The maximum absolute atomic E-state index is 10.2. The Morgan fingerprint density at radius 3 is 2.00 bits per heavy atom. The maximum Gasteiger partial charge on any atom is 0.446 e. The summed E-state index contributed by atoms with van der Waals surface area (Å²) in [5, 5.41) is 10.2. The standard InChI is InChI=1S/C6H5NO6S.H4N2/c8-7(9)5-1-3-6(4-2-5)13-14(10,11)12;1-2/h1-4H,(H,10,11,12);1-2H2. The number of non-ortho nitro benzene ring substituents is 1. The van der Waals surface area contributed by atoms with E-state index in [0.29, 0.717) is 0 Å². The van der Waals surface area contributed by atoms with Crippen LogP contribution in [-0.2, 0) is 10.4 Å². The third-order valence-electron chi connectivity index (χ3n) is 1.25. The zero-order chi connectivity index (χ0) is 12.8. The third-order valence-corrected chi connectivity index (χ3v) is 1.65. The van der Waals surface area contributed by atoms with Crippen molar-refractivity contribution in [1.82, 2.24) is 0 Å². The molecule has 0 saturated heterocycles. The Kier molecular flexibility index (Phi) is 5.32. The topological polar surface area (TPSA) is 159 Å². The molecule has 0 bridgehead atoms. The van der Waals surface area contributed by atoms with E-state index in [2.05, 4.69) is 15.9 Å². The molecule has 9 nitrogen and oxygen atoms in total. The number of nitro groups is 1. The molecule has 90 valence electrons. The van der Waals surface area contributed by atoms with Crippen molar-refractivity contribution in [3.05, 3.63) is 34.4 Å². The van der Waals surface area contributed by atoms with Crippen molar-refractivity contribution in [1.29, 1.82) is 0 Å². The summed E-state index contributed by atoms with van der Waals surface area (Å²) in [6.07, 6.45) is 0. The fourth-order valence-corrected chi connectivity index (χ4v) is 1.10. The summed E-state index contributed by atoms with van der Waals surface area (Å²) >= 11 is 0. The molecule has 0 radical (unpaired) electrons. The van der Waals surface area contributed by atoms with Crippen LogP contribution in [0.3, 0.4) is 0 Å². The molecule has 10 heteroatoms. The number of hydrogen-bond acceptors (Lipinski definition) is 7. The smallest absolute Gasteiger partial charge is 0.362 e. The van der Waals surface area contributed by atoms with Crippen molar-refractivity contribution in [3.8, 4) is 5.75 Å². The normalized spacial score (nSPS) is 9.94. The summed E-state index contributed by atoms with van der Waals surface area (Å²) in [5.74, 6) is 7.80. The van der Waals surface area contributed by atoms with Gasteiger partial charge in [0.1, 0.15) is 5.75 Å². The van der Waals surface area contributed by atoms with Crippen molar-refractivity contribution >= 4 is 16.1 Å². The molecule has 0 spiro atoms. The molecule has 5 N–H and O–H groups in total. The molecular weight excluding hydrogens is 242 g/mol. The van der Waals surface area contributed by atoms with E-state index in [4.69, 9.17) is 4.55 Å². The van der Waals surface area contributed by atoms with Crippen LogP contribution in [0.15, 0.2) is 24.3 Å². The Hall–Kier alpha value is -1.75. The van der Waals surface area contributed by atoms with E-state index in [-0.39, 0.29) is 11.4 Å². The molecule has 0 unspecified atom stereocenters. The molecule has 1 aromatic carbocycles. The van der Waals surface area contributed by atoms with E-state index < -0.39 is 15.3 Å². The molecule has 0 aromatic heterocycles. The van der Waals surface area contributed by atoms with Crippen LogP contribution < -0.4 is 15.9 Å². The van der Waals surface area contributed by atoms with E-state index >= 15 is 0 Å². The highest BCUT2D eigenvalue weighted by atomic mass is 32.3. The second-order valence-electron chi connectivity index (χ2n) is 2.26. The highest BCUT2D eigenvalue weighted by molar-refractivity contribution is 7.81. The van der Waals surface area contributed by atoms with Gasteiger partial charge in [-0.05, 0) is 12.1 Å². The lowest BCUT2D eigenvalue weighted by Crippen LogP contribution is -2.06. The van der Waals surface area contributed by atoms with Gasteiger partial charge >= 0.3 is 10.4 Å². The van der Waals surface area contributed by atoms with Crippen LogP contribution in [0.1, 0.15) is 0 Å². The summed E-state index contributed by atoms with van der Waals surface area (Å²) in [4.78, 5) is 9.55. The van der Waals surface area contributed by atoms with Crippen LogP contribution in [0.5, 0.6) is 5.75 Å². The van der Waals surface area contributed by atoms with E-state index in [1.165, 1.54) is 0 Å². The van der Waals surface area contributed by atoms with Crippen molar-refractivity contribution in [3.63, 3.8) is 0 Å². The molecule has 0 fully saturated rings. The number of hydrogen-bond donors (Lipinski definition) is 3. The summed E-state index contributed by atoms with van der Waals surface area (Å²) in [7, 11) is -4.58. The van der Waals surface area contributed by atoms with Crippen LogP contribution in [-0.4, -0.2) is 17.9 Å². The molecule has 16 heavy (non-hydrogen) atoms. The highest BCUT2D eigenvalue weighted by Gasteiger charge is 2.09. The molecule has 1 aromatic rings. The van der Waals surface area contributed by atoms with E-state index in [1.807, 2.05) is 0 Å². The van der Waals surface area contributed by atoms with Gasteiger partial charge in [0.15, 0.2) is 0 Å². The van der Waals surface area contributed by atoms with Gasteiger partial charge in [0.2, 0.25) is 0 Å². The Morgan fingerprint density at radius 2 is 1.69 bits per heavy atom. The Balaban J connectivity index is 0.00000106. The molecule has 0 aliphatic rings. The number of rotatable bonds is 3. The predicted octanol–water partition coefficient (Wildman–Crippen LogP) is -0.405. The quantitative estimate of drug-likeness (QED) is 0.283. The predicted molar refractivity (Wildman–Crippen MR) is 53.6 cm³/mol. The minimum absolute atomic E-state index is 0.196. The average molecular weight is 251 g/mol. The Bertz CT molecular complexity index is 442. The number of nitrogens with zero attached hydrogens (tertiary/aromatic N) is 1. The van der Waals surface area contributed by atoms with Crippen LogP contribution in [0.2, 0.25) is 0 Å². The lowest BCUT2D eigenvalue weighted by Gasteiger charge is -1.99. The monoisotopic (exact) mass is 251 g/mol. The van der Waals surface area contributed by atoms with Gasteiger partial charge in [-0.3, -0.25) is 26.4 Å². The van der Waals surface area contributed by atoms with Crippen LogP contribution >= 0.6 is 0 Å². The zero-order valence-corrected chi connectivity index (χ0v) is 8.62.